The predicted molar refractivity (Wildman–Crippen MR) is 82.2 cm³/mol. The molecule has 1 aromatic rings. The minimum absolute atomic E-state index is 0.0523. The van der Waals surface area contributed by atoms with Gasteiger partial charge in [0.2, 0.25) is 15.9 Å². The van der Waals surface area contributed by atoms with Gasteiger partial charge in [-0.2, -0.15) is 9.40 Å². The molecule has 1 aliphatic rings. The van der Waals surface area contributed by atoms with Crippen LogP contribution in [0.4, 0.5) is 5.82 Å². The molecule has 2 N–H and O–H groups in total. The van der Waals surface area contributed by atoms with Gasteiger partial charge in [0.05, 0.1) is 5.75 Å². The lowest BCUT2D eigenvalue weighted by molar-refractivity contribution is -0.137. The van der Waals surface area contributed by atoms with Crippen molar-refractivity contribution in [2.24, 2.45) is 5.92 Å². The van der Waals surface area contributed by atoms with Crippen molar-refractivity contribution >= 4 is 27.7 Å². The van der Waals surface area contributed by atoms with Crippen LogP contribution in [0.5, 0.6) is 0 Å². The standard InChI is InChI=1S/C13H20N4O5S/c1-9(2)12(17-5-3-7-23(17,21)22)13(20)14-10-4-6-16(15-10)8-11(18)19/h4,6,9,12H,3,5,7-8H2,1-2H3,(H,18,19)(H,14,15,20). The van der Waals surface area contributed by atoms with Crippen molar-refractivity contribution in [3.05, 3.63) is 12.3 Å². The normalized spacial score (nSPS) is 18.9. The molecule has 1 amide bonds. The van der Waals surface area contributed by atoms with Gasteiger partial charge in [0.1, 0.15) is 12.6 Å². The fourth-order valence-corrected chi connectivity index (χ4v) is 4.41. The van der Waals surface area contributed by atoms with Crippen molar-refractivity contribution in [3.8, 4) is 0 Å². The summed E-state index contributed by atoms with van der Waals surface area (Å²) in [7, 11) is -3.41. The van der Waals surface area contributed by atoms with E-state index in [2.05, 4.69) is 10.4 Å². The molecule has 1 unspecified atom stereocenters. The van der Waals surface area contributed by atoms with E-state index in [1.165, 1.54) is 21.3 Å². The number of carboxylic acids is 1. The molecule has 1 aliphatic heterocycles. The number of carboxylic acid groups (broad SMARTS) is 1. The molecule has 23 heavy (non-hydrogen) atoms. The Morgan fingerprint density at radius 1 is 1.43 bits per heavy atom. The van der Waals surface area contributed by atoms with E-state index in [0.717, 1.165) is 0 Å². The summed E-state index contributed by atoms with van der Waals surface area (Å²) in [4.78, 5) is 23.1. The average molecular weight is 344 g/mol. The molecule has 0 aromatic carbocycles. The Labute approximate surface area is 134 Å². The third-order valence-electron chi connectivity index (χ3n) is 3.54. The molecule has 128 valence electrons. The first-order valence-electron chi connectivity index (χ1n) is 7.26. The number of nitrogens with one attached hydrogen (secondary N) is 1. The topological polar surface area (TPSA) is 122 Å². The smallest absolute Gasteiger partial charge is 0.325 e. The van der Waals surface area contributed by atoms with Gasteiger partial charge < -0.3 is 10.4 Å². The number of anilines is 1. The lowest BCUT2D eigenvalue weighted by Crippen LogP contribution is -2.48. The highest BCUT2D eigenvalue weighted by Gasteiger charge is 2.40. The van der Waals surface area contributed by atoms with E-state index in [9.17, 15) is 18.0 Å². The van der Waals surface area contributed by atoms with Crippen LogP contribution in [0.2, 0.25) is 0 Å². The number of carbonyl (C=O) groups excluding carboxylic acids is 1. The highest BCUT2D eigenvalue weighted by molar-refractivity contribution is 7.89. The van der Waals surface area contributed by atoms with Crippen molar-refractivity contribution in [1.29, 1.82) is 0 Å². The Morgan fingerprint density at radius 3 is 2.65 bits per heavy atom. The van der Waals surface area contributed by atoms with Gasteiger partial charge >= 0.3 is 5.97 Å². The second kappa shape index (κ2) is 6.67. The summed E-state index contributed by atoms with van der Waals surface area (Å²) in [5, 5.41) is 15.2. The zero-order valence-electron chi connectivity index (χ0n) is 13.0. The van der Waals surface area contributed by atoms with E-state index >= 15 is 0 Å². The summed E-state index contributed by atoms with van der Waals surface area (Å²) < 4.78 is 26.5. The number of sulfonamides is 1. The Kier molecular flexibility index (Phi) is 5.05. The highest BCUT2D eigenvalue weighted by atomic mass is 32.2. The number of carbonyl (C=O) groups is 2. The maximum atomic E-state index is 12.5. The molecule has 1 fully saturated rings. The Balaban J connectivity index is 2.13. The van der Waals surface area contributed by atoms with Crippen LogP contribution in [-0.2, 0) is 26.2 Å². The number of nitrogens with zero attached hydrogens (tertiary/aromatic N) is 3. The number of hydrogen-bond donors (Lipinski definition) is 2. The number of rotatable bonds is 6. The summed E-state index contributed by atoms with van der Waals surface area (Å²) >= 11 is 0. The molecule has 10 heteroatoms. The minimum atomic E-state index is -3.41. The van der Waals surface area contributed by atoms with Gasteiger partial charge in [0, 0.05) is 18.8 Å². The second-order valence-corrected chi connectivity index (χ2v) is 7.79. The molecule has 0 radical (unpaired) electrons. The van der Waals surface area contributed by atoms with Gasteiger partial charge in [-0.3, -0.25) is 14.3 Å². The average Bonchev–Trinajstić information content (AvgIpc) is 2.96. The highest BCUT2D eigenvalue weighted by Crippen LogP contribution is 2.23. The first-order valence-corrected chi connectivity index (χ1v) is 8.87. The van der Waals surface area contributed by atoms with E-state index in [0.29, 0.717) is 13.0 Å². The fourth-order valence-electron chi connectivity index (χ4n) is 2.59. The van der Waals surface area contributed by atoms with Crippen molar-refractivity contribution in [2.45, 2.75) is 32.9 Å². The number of hydrogen-bond acceptors (Lipinski definition) is 5. The molecule has 2 heterocycles. The van der Waals surface area contributed by atoms with Gasteiger partial charge in [0.15, 0.2) is 5.82 Å². The second-order valence-electron chi connectivity index (χ2n) is 5.75. The third kappa shape index (κ3) is 4.08. The van der Waals surface area contributed by atoms with E-state index < -0.39 is 27.9 Å². The first-order chi connectivity index (χ1) is 10.7. The van der Waals surface area contributed by atoms with Crippen LogP contribution >= 0.6 is 0 Å². The van der Waals surface area contributed by atoms with Crippen LogP contribution in [0, 0.1) is 5.92 Å². The van der Waals surface area contributed by atoms with E-state index in [4.69, 9.17) is 5.11 Å². The van der Waals surface area contributed by atoms with Gasteiger partial charge in [-0.1, -0.05) is 13.8 Å². The van der Waals surface area contributed by atoms with E-state index in [-0.39, 0.29) is 24.0 Å². The molecule has 1 saturated heterocycles. The van der Waals surface area contributed by atoms with Gasteiger partial charge in [-0.05, 0) is 12.3 Å². The minimum Gasteiger partial charge on any atom is -0.480 e. The lowest BCUT2D eigenvalue weighted by Gasteiger charge is -2.28. The predicted octanol–water partition coefficient (Wildman–Crippen LogP) is -0.0337. The summed E-state index contributed by atoms with van der Waals surface area (Å²) in [6.45, 7) is 3.57. The van der Waals surface area contributed by atoms with Crippen molar-refractivity contribution in [1.82, 2.24) is 14.1 Å². The van der Waals surface area contributed by atoms with Crippen LogP contribution in [0.15, 0.2) is 12.3 Å². The van der Waals surface area contributed by atoms with E-state index in [1.807, 2.05) is 0 Å². The third-order valence-corrected chi connectivity index (χ3v) is 5.47. The summed E-state index contributed by atoms with van der Waals surface area (Å²) in [6, 6.07) is 0.656. The SMILES string of the molecule is CC(C)C(C(=O)Nc1ccn(CC(=O)O)n1)N1CCCS1(=O)=O. The fraction of sp³-hybridized carbons (Fsp3) is 0.615. The Hall–Kier alpha value is -1.94. The maximum absolute atomic E-state index is 12.5. The molecule has 1 atom stereocenters. The van der Waals surface area contributed by atoms with Gasteiger partial charge in [0.25, 0.3) is 0 Å². The number of aliphatic carboxylic acids is 1. The molecule has 2 rings (SSSR count). The molecule has 0 saturated carbocycles. The van der Waals surface area contributed by atoms with Crippen molar-refractivity contribution in [3.63, 3.8) is 0 Å². The van der Waals surface area contributed by atoms with Crippen molar-refractivity contribution in [2.75, 3.05) is 17.6 Å². The summed E-state index contributed by atoms with van der Waals surface area (Å²) in [5.41, 5.74) is 0. The van der Waals surface area contributed by atoms with Crippen LogP contribution in [-0.4, -0.2) is 57.8 Å². The zero-order chi connectivity index (χ0) is 17.2. The maximum Gasteiger partial charge on any atom is 0.325 e. The van der Waals surface area contributed by atoms with Crippen LogP contribution in [0.3, 0.4) is 0 Å². The zero-order valence-corrected chi connectivity index (χ0v) is 13.8. The Morgan fingerprint density at radius 2 is 2.13 bits per heavy atom. The molecule has 0 bridgehead atoms. The molecule has 0 aliphatic carbocycles. The summed E-state index contributed by atoms with van der Waals surface area (Å²) in [5.74, 6) is -1.47. The molecule has 9 nitrogen and oxygen atoms in total. The summed E-state index contributed by atoms with van der Waals surface area (Å²) in [6.07, 6.45) is 1.94. The van der Waals surface area contributed by atoms with Crippen LogP contribution in [0.1, 0.15) is 20.3 Å². The molecular formula is C13H20N4O5S. The number of amides is 1. The molecule has 0 spiro atoms. The van der Waals surface area contributed by atoms with Crippen LogP contribution in [0.25, 0.3) is 0 Å². The first kappa shape index (κ1) is 17.4. The number of aromatic nitrogens is 2. The van der Waals surface area contributed by atoms with Gasteiger partial charge in [-0.25, -0.2) is 8.42 Å². The van der Waals surface area contributed by atoms with Crippen molar-refractivity contribution < 1.29 is 23.1 Å². The van der Waals surface area contributed by atoms with Crippen LogP contribution < -0.4 is 5.32 Å². The van der Waals surface area contributed by atoms with Gasteiger partial charge in [-0.15, -0.1) is 0 Å². The molecule has 1 aromatic heterocycles. The molecular weight excluding hydrogens is 324 g/mol. The quantitative estimate of drug-likeness (QED) is 0.747. The Bertz CT molecular complexity index is 697. The lowest BCUT2D eigenvalue weighted by atomic mass is 10.0. The van der Waals surface area contributed by atoms with E-state index in [1.54, 1.807) is 13.8 Å². The monoisotopic (exact) mass is 344 g/mol. The largest absolute Gasteiger partial charge is 0.480 e.